The number of carbonyl (C=O) groups excluding carboxylic acids is 2. The van der Waals surface area contributed by atoms with Crippen LogP contribution >= 0.6 is 0 Å². The predicted octanol–water partition coefficient (Wildman–Crippen LogP) is 20.9. The molecule has 0 saturated carbocycles. The first-order valence-corrected chi connectivity index (χ1v) is 32.9. The van der Waals surface area contributed by atoms with Crippen molar-refractivity contribution in [1.29, 1.82) is 0 Å². The first-order chi connectivity index (χ1) is 36.5. The van der Waals surface area contributed by atoms with Crippen molar-refractivity contribution in [2.24, 2.45) is 0 Å². The van der Waals surface area contributed by atoms with Gasteiger partial charge in [0.2, 0.25) is 5.91 Å². The van der Waals surface area contributed by atoms with E-state index in [-0.39, 0.29) is 18.5 Å². The van der Waals surface area contributed by atoms with Crippen LogP contribution in [0.3, 0.4) is 0 Å². The number of esters is 1. The summed E-state index contributed by atoms with van der Waals surface area (Å²) < 4.78 is 5.48. The molecule has 0 aromatic heterocycles. The molecule has 0 aliphatic heterocycles. The lowest BCUT2D eigenvalue weighted by Crippen LogP contribution is -2.45. The molecule has 0 aromatic carbocycles. The normalized spacial score (nSPS) is 12.9. The van der Waals surface area contributed by atoms with Gasteiger partial charge in [-0.25, -0.2) is 0 Å². The lowest BCUT2D eigenvalue weighted by molar-refractivity contribution is -0.143. The molecule has 74 heavy (non-hydrogen) atoms. The van der Waals surface area contributed by atoms with Crippen LogP contribution in [0.2, 0.25) is 0 Å². The molecule has 6 heteroatoms. The van der Waals surface area contributed by atoms with Crippen molar-refractivity contribution in [2.75, 3.05) is 13.2 Å². The highest BCUT2D eigenvalue weighted by molar-refractivity contribution is 5.76. The zero-order valence-corrected chi connectivity index (χ0v) is 49.6. The summed E-state index contributed by atoms with van der Waals surface area (Å²) in [5.41, 5.74) is 0. The van der Waals surface area contributed by atoms with Crippen molar-refractivity contribution in [3.8, 4) is 0 Å². The maximum absolute atomic E-state index is 12.5. The average molecular weight is 1040 g/mol. The summed E-state index contributed by atoms with van der Waals surface area (Å²) in [4.78, 5) is 24.5. The largest absolute Gasteiger partial charge is 0.466 e. The van der Waals surface area contributed by atoms with Crippen molar-refractivity contribution in [3.05, 3.63) is 48.6 Å². The van der Waals surface area contributed by atoms with Crippen LogP contribution < -0.4 is 5.32 Å². The summed E-state index contributed by atoms with van der Waals surface area (Å²) in [5, 5.41) is 23.1. The van der Waals surface area contributed by atoms with Gasteiger partial charge >= 0.3 is 5.97 Å². The molecule has 434 valence electrons. The highest BCUT2D eigenvalue weighted by atomic mass is 16.5. The molecule has 3 N–H and O–H groups in total. The van der Waals surface area contributed by atoms with Crippen molar-refractivity contribution >= 4 is 11.9 Å². The van der Waals surface area contributed by atoms with Gasteiger partial charge in [-0.05, 0) is 89.9 Å². The summed E-state index contributed by atoms with van der Waals surface area (Å²) in [7, 11) is 0. The van der Waals surface area contributed by atoms with Gasteiger partial charge in [-0.15, -0.1) is 0 Å². The van der Waals surface area contributed by atoms with E-state index in [2.05, 4.69) is 55.6 Å². The summed E-state index contributed by atoms with van der Waals surface area (Å²) in [6.45, 7) is 4.90. The highest BCUT2D eigenvalue weighted by Gasteiger charge is 2.18. The second kappa shape index (κ2) is 63.4. The van der Waals surface area contributed by atoms with Gasteiger partial charge in [0.15, 0.2) is 0 Å². The maximum atomic E-state index is 12.5. The van der Waals surface area contributed by atoms with Crippen molar-refractivity contribution in [3.63, 3.8) is 0 Å². The van der Waals surface area contributed by atoms with Crippen LogP contribution in [0.15, 0.2) is 48.6 Å². The zero-order valence-electron chi connectivity index (χ0n) is 49.6. The van der Waals surface area contributed by atoms with Gasteiger partial charge in [-0.3, -0.25) is 9.59 Å². The third-order valence-corrected chi connectivity index (χ3v) is 15.1. The summed E-state index contributed by atoms with van der Waals surface area (Å²) in [5.74, 6) is -0.0679. The number of rotatable bonds is 61. The molecule has 6 nitrogen and oxygen atoms in total. The third-order valence-electron chi connectivity index (χ3n) is 15.1. The number of ether oxygens (including phenoxy) is 1. The standard InChI is InChI=1S/C68H127NO5/c1-3-5-7-9-11-13-15-17-19-34-38-42-46-50-54-58-62-68(73)74-63-59-55-51-47-43-39-35-32-30-28-26-24-22-20-21-23-25-27-29-31-33-37-41-45-49-53-57-61-67(72)69-65(64-70)66(71)60-56-52-48-44-40-36-18-16-14-12-10-8-6-4-2/h19-21,24,26,34,56,60,65-66,70-71H,3-18,22-23,25,27-33,35-55,57-59,61-64H2,1-2H3,(H,69,72)/b21-20-,26-24-,34-19-,60-56+. The van der Waals surface area contributed by atoms with E-state index >= 15 is 0 Å². The second-order valence-electron chi connectivity index (χ2n) is 22.4. The number of hydrogen-bond acceptors (Lipinski definition) is 5. The third kappa shape index (κ3) is 59.1. The Kier molecular flexibility index (Phi) is 61.5. The van der Waals surface area contributed by atoms with Gasteiger partial charge in [-0.1, -0.05) is 294 Å². The Balaban J connectivity index is 3.43. The Hall–Kier alpha value is -2.18. The van der Waals surface area contributed by atoms with Crippen LogP contribution in [0, 0.1) is 0 Å². The van der Waals surface area contributed by atoms with Crippen LogP contribution in [0.4, 0.5) is 0 Å². The van der Waals surface area contributed by atoms with Crippen molar-refractivity contribution < 1.29 is 24.5 Å². The fraction of sp³-hybridized carbons (Fsp3) is 0.853. The molecule has 0 bridgehead atoms. The van der Waals surface area contributed by atoms with Gasteiger partial charge in [0, 0.05) is 12.8 Å². The highest BCUT2D eigenvalue weighted by Crippen LogP contribution is 2.17. The SMILES string of the molecule is CCCCCCCCC/C=C\CCCCCCCC(=O)OCCCCCCCCCCC/C=C\C/C=C\CCCCCCCCCCCCCC(=O)NC(CO)C(O)/C=C/CCCCCCCCCCCCCC. The Bertz CT molecular complexity index is 1240. The molecule has 0 rings (SSSR count). The molecule has 0 aromatic rings. The van der Waals surface area contributed by atoms with Crippen molar-refractivity contribution in [1.82, 2.24) is 5.32 Å². The molecular weight excluding hydrogens is 911 g/mol. The molecule has 0 aliphatic rings. The van der Waals surface area contributed by atoms with Gasteiger partial charge in [0.1, 0.15) is 0 Å². The Morgan fingerprint density at radius 2 is 0.676 bits per heavy atom. The van der Waals surface area contributed by atoms with E-state index in [1.807, 2.05) is 6.08 Å². The van der Waals surface area contributed by atoms with Gasteiger partial charge < -0.3 is 20.3 Å². The number of amides is 1. The average Bonchev–Trinajstić information content (AvgIpc) is 3.40. The van der Waals surface area contributed by atoms with Crippen LogP contribution in [-0.2, 0) is 14.3 Å². The predicted molar refractivity (Wildman–Crippen MR) is 324 cm³/mol. The van der Waals surface area contributed by atoms with E-state index in [4.69, 9.17) is 4.74 Å². The number of aliphatic hydroxyl groups excluding tert-OH is 2. The monoisotopic (exact) mass is 1040 g/mol. The molecule has 2 atom stereocenters. The Morgan fingerprint density at radius 1 is 0.378 bits per heavy atom. The van der Waals surface area contributed by atoms with Crippen LogP contribution in [0.1, 0.15) is 348 Å². The molecule has 1 amide bonds. The molecule has 0 heterocycles. The van der Waals surface area contributed by atoms with Crippen LogP contribution in [-0.4, -0.2) is 47.4 Å². The molecular formula is C68H127NO5. The van der Waals surface area contributed by atoms with Gasteiger partial charge in [-0.2, -0.15) is 0 Å². The minimum Gasteiger partial charge on any atom is -0.466 e. The minimum atomic E-state index is -0.847. The molecule has 2 unspecified atom stereocenters. The minimum absolute atomic E-state index is 0.00273. The number of carbonyl (C=O) groups is 2. The van der Waals surface area contributed by atoms with E-state index < -0.39 is 12.1 Å². The molecule has 0 radical (unpaired) electrons. The lowest BCUT2D eigenvalue weighted by atomic mass is 10.0. The second-order valence-corrected chi connectivity index (χ2v) is 22.4. The summed E-state index contributed by atoms with van der Waals surface area (Å²) in [6, 6.07) is -0.631. The van der Waals surface area contributed by atoms with Crippen LogP contribution in [0.25, 0.3) is 0 Å². The Labute approximate surface area is 461 Å². The first-order valence-electron chi connectivity index (χ1n) is 32.9. The lowest BCUT2D eigenvalue weighted by Gasteiger charge is -2.20. The van der Waals surface area contributed by atoms with E-state index in [0.29, 0.717) is 19.4 Å². The number of unbranched alkanes of at least 4 members (excludes halogenated alkanes) is 44. The molecule has 0 saturated heterocycles. The quantitative estimate of drug-likeness (QED) is 0.0320. The number of allylic oxidation sites excluding steroid dienone is 7. The molecule has 0 aliphatic carbocycles. The number of nitrogens with one attached hydrogen (secondary N) is 1. The Morgan fingerprint density at radius 3 is 1.04 bits per heavy atom. The van der Waals surface area contributed by atoms with Crippen LogP contribution in [0.5, 0.6) is 0 Å². The fourth-order valence-corrected chi connectivity index (χ4v) is 10.0. The van der Waals surface area contributed by atoms with Gasteiger partial charge in [0.25, 0.3) is 0 Å². The number of hydrogen-bond donors (Lipinski definition) is 3. The topological polar surface area (TPSA) is 95.9 Å². The maximum Gasteiger partial charge on any atom is 0.305 e. The zero-order chi connectivity index (χ0) is 53.6. The van der Waals surface area contributed by atoms with Crippen molar-refractivity contribution in [2.45, 2.75) is 360 Å². The molecule has 0 spiro atoms. The molecule has 0 fully saturated rings. The van der Waals surface area contributed by atoms with E-state index in [1.54, 1.807) is 6.08 Å². The number of aliphatic hydroxyl groups is 2. The fourth-order valence-electron chi connectivity index (χ4n) is 10.0. The first kappa shape index (κ1) is 71.8. The summed E-state index contributed by atoms with van der Waals surface area (Å²) >= 11 is 0. The van der Waals surface area contributed by atoms with Gasteiger partial charge in [0.05, 0.1) is 25.4 Å². The van der Waals surface area contributed by atoms with E-state index in [0.717, 1.165) is 51.4 Å². The van der Waals surface area contributed by atoms with E-state index in [9.17, 15) is 19.8 Å². The summed E-state index contributed by atoms with van der Waals surface area (Å²) in [6.07, 6.45) is 81.7. The van der Waals surface area contributed by atoms with E-state index in [1.165, 1.54) is 270 Å². The smallest absolute Gasteiger partial charge is 0.305 e.